The Bertz CT molecular complexity index is 3230. The average Bonchev–Trinajstić information content (AvgIpc) is 3.89. The Kier molecular flexibility index (Phi) is 13.1. The minimum atomic E-state index is -0.759. The van der Waals surface area contributed by atoms with Gasteiger partial charge in [0.25, 0.3) is 6.33 Å². The summed E-state index contributed by atoms with van der Waals surface area (Å²) in [4.78, 5) is 4.89. The van der Waals surface area contributed by atoms with E-state index in [9.17, 15) is 0 Å². The number of hydrogen-bond donors (Lipinski definition) is 0. The Hall–Kier alpha value is -5.53. The van der Waals surface area contributed by atoms with Crippen molar-refractivity contribution in [1.82, 2.24) is 14.1 Å². The summed E-state index contributed by atoms with van der Waals surface area (Å²) in [7, 11) is -3.66. The monoisotopic (exact) mass is 974 g/mol. The molecule has 0 amide bonds. The Morgan fingerprint density at radius 2 is 1.01 bits per heavy atom. The van der Waals surface area contributed by atoms with E-state index in [2.05, 4.69) is 227 Å². The number of benzene rings is 5. The van der Waals surface area contributed by atoms with Gasteiger partial charge in [0.15, 0.2) is 11.0 Å². The molecule has 2 saturated heterocycles. The van der Waals surface area contributed by atoms with E-state index >= 15 is 0 Å². The largest absolute Gasteiger partial charge is 0.466 e. The molecule has 0 aliphatic carbocycles. The van der Waals surface area contributed by atoms with E-state index in [0.717, 1.165) is 66.7 Å². The molecule has 2 fully saturated rings. The maximum Gasteiger partial charge on any atom is 0.466 e. The summed E-state index contributed by atoms with van der Waals surface area (Å²) in [6.45, 7) is 32.2. The lowest BCUT2D eigenvalue weighted by molar-refractivity contribution is -0.567. The number of hydrogen-bond acceptors (Lipinski definition) is 8. The molecule has 10 rings (SSSR count). The van der Waals surface area contributed by atoms with Crippen LogP contribution in [0.25, 0.3) is 50.0 Å². The van der Waals surface area contributed by atoms with Crippen molar-refractivity contribution in [2.45, 2.75) is 131 Å². The smallest absolute Gasteiger partial charge is 0.457 e. The van der Waals surface area contributed by atoms with Crippen molar-refractivity contribution < 1.29 is 36.7 Å². The van der Waals surface area contributed by atoms with Crippen LogP contribution in [-0.2, 0) is 32.8 Å². The van der Waals surface area contributed by atoms with Gasteiger partial charge in [-0.1, -0.05) is 146 Å². The van der Waals surface area contributed by atoms with Crippen LogP contribution >= 0.6 is 0 Å². The van der Waals surface area contributed by atoms with E-state index in [1.165, 1.54) is 5.56 Å². The van der Waals surface area contributed by atoms with Gasteiger partial charge in [0.2, 0.25) is 0 Å². The zero-order valence-corrected chi connectivity index (χ0v) is 45.3. The van der Waals surface area contributed by atoms with Crippen molar-refractivity contribution in [1.29, 1.82) is 0 Å². The SMILES string of the molecule is CC(C)(C)B1OB(c2cc(B3OB(C(C)(C)C)OB(C(C)(C)C)O3)cc(-[n+]3cn(-c4cccc(Oc5ccc6c7ccccc7n(-c7cc(C(C)(C)C)ccn7)c6c5)c4)c4ccccc43)c2)OB(C(C)(C)C)O1. The molecule has 11 nitrogen and oxygen atoms in total. The van der Waals surface area contributed by atoms with Crippen molar-refractivity contribution in [2.75, 3.05) is 0 Å². The van der Waals surface area contributed by atoms with Crippen molar-refractivity contribution >= 4 is 86.5 Å². The van der Waals surface area contributed by atoms with E-state index < -0.39 is 42.7 Å². The van der Waals surface area contributed by atoms with Gasteiger partial charge >= 0.3 is 42.7 Å². The number of rotatable bonds is 7. The van der Waals surface area contributed by atoms with Gasteiger partial charge in [-0.15, -0.1) is 0 Å². The van der Waals surface area contributed by atoms with Crippen LogP contribution in [0.4, 0.5) is 0 Å². The Morgan fingerprint density at radius 1 is 0.479 bits per heavy atom. The third-order valence-corrected chi connectivity index (χ3v) is 13.5. The van der Waals surface area contributed by atoms with Gasteiger partial charge in [0, 0.05) is 29.1 Å². The van der Waals surface area contributed by atoms with Gasteiger partial charge in [0.1, 0.15) is 28.7 Å². The van der Waals surface area contributed by atoms with Crippen LogP contribution in [-0.4, -0.2) is 56.8 Å². The zero-order valence-electron chi connectivity index (χ0n) is 45.3. The van der Waals surface area contributed by atoms with Crippen molar-refractivity contribution in [3.63, 3.8) is 0 Å². The van der Waals surface area contributed by atoms with E-state index in [-0.39, 0.29) is 26.7 Å². The summed E-state index contributed by atoms with van der Waals surface area (Å²) in [5, 5.41) is 0.964. The second kappa shape index (κ2) is 18.7. The third kappa shape index (κ3) is 10.3. The molecular formula is C56H67B6N4O7+. The first-order valence-corrected chi connectivity index (χ1v) is 25.7. The van der Waals surface area contributed by atoms with Crippen LogP contribution in [0.5, 0.6) is 11.5 Å². The summed E-state index contributed by atoms with van der Waals surface area (Å²) in [6, 6.07) is 42.1. The molecule has 2 aliphatic heterocycles. The number of imidazole rings is 1. The predicted octanol–water partition coefficient (Wildman–Crippen LogP) is 12.2. The first-order valence-electron chi connectivity index (χ1n) is 25.7. The molecule has 5 heterocycles. The molecule has 0 radical (unpaired) electrons. The van der Waals surface area contributed by atoms with Crippen molar-refractivity contribution in [3.05, 3.63) is 139 Å². The van der Waals surface area contributed by atoms with Crippen LogP contribution < -0.4 is 20.2 Å². The maximum atomic E-state index is 6.78. The Labute approximate surface area is 434 Å². The molecule has 2 aliphatic rings. The maximum absolute atomic E-state index is 6.78. The highest BCUT2D eigenvalue weighted by Crippen LogP contribution is 2.41. The molecular weight excluding hydrogens is 906 g/mol. The first kappa shape index (κ1) is 51.0. The molecule has 5 aromatic carbocycles. The highest BCUT2D eigenvalue weighted by molar-refractivity contribution is 6.83. The molecule has 0 spiro atoms. The normalized spacial score (nSPS) is 15.7. The van der Waals surface area contributed by atoms with Gasteiger partial charge in [-0.25, -0.2) is 4.98 Å². The summed E-state index contributed by atoms with van der Waals surface area (Å²) in [5.74, 6) is 2.29. The summed E-state index contributed by atoms with van der Waals surface area (Å²) < 4.78 is 53.6. The van der Waals surface area contributed by atoms with E-state index in [4.69, 9.17) is 37.2 Å². The zero-order chi connectivity index (χ0) is 52.0. The van der Waals surface area contributed by atoms with Crippen LogP contribution in [0.15, 0.2) is 134 Å². The first-order chi connectivity index (χ1) is 34.3. The molecule has 370 valence electrons. The fourth-order valence-corrected chi connectivity index (χ4v) is 9.51. The molecule has 0 atom stereocenters. The average molecular weight is 973 g/mol. The number of fused-ring (bicyclic) bond motifs is 4. The fourth-order valence-electron chi connectivity index (χ4n) is 9.51. The van der Waals surface area contributed by atoms with E-state index in [0.29, 0.717) is 5.75 Å². The lowest BCUT2D eigenvalue weighted by Gasteiger charge is -2.41. The van der Waals surface area contributed by atoms with Gasteiger partial charge < -0.3 is 32.2 Å². The number of ether oxygens (including phenoxy) is 1. The second-order valence-electron chi connectivity index (χ2n) is 25.3. The molecule has 3 aromatic heterocycles. The van der Waals surface area contributed by atoms with Crippen molar-refractivity contribution in [2.24, 2.45) is 0 Å². The van der Waals surface area contributed by atoms with Crippen LogP contribution in [0.1, 0.15) is 109 Å². The molecule has 0 unspecified atom stereocenters. The van der Waals surface area contributed by atoms with Crippen molar-refractivity contribution in [3.8, 4) is 28.7 Å². The number of para-hydroxylation sites is 3. The Morgan fingerprint density at radius 3 is 1.59 bits per heavy atom. The fraction of sp³-hybridized carbons (Fsp3) is 0.357. The van der Waals surface area contributed by atoms with Crippen LogP contribution in [0.2, 0.25) is 21.3 Å². The Balaban J connectivity index is 1.06. The number of pyridine rings is 1. The lowest BCUT2D eigenvalue weighted by atomic mass is 9.49. The summed E-state index contributed by atoms with van der Waals surface area (Å²) in [6.07, 6.45) is 4.03. The van der Waals surface area contributed by atoms with E-state index in [1.54, 1.807) is 0 Å². The molecule has 0 bridgehead atoms. The van der Waals surface area contributed by atoms with Gasteiger partial charge in [-0.05, 0) is 110 Å². The second-order valence-corrected chi connectivity index (χ2v) is 25.3. The minimum absolute atomic E-state index is 0.0329. The summed E-state index contributed by atoms with van der Waals surface area (Å²) in [5.41, 5.74) is 8.71. The highest BCUT2D eigenvalue weighted by Gasteiger charge is 2.53. The standard InChI is InChI=1S/C56H67B6N4O7/c1-52(2,3)38-29-30-63-51(31-38)66-47-24-17-16-23-45(47)46-28-27-44(36-50(46)66)67-43-22-20-21-41(35-43)64-37-65(49-26-19-18-25-48(49)64)42-33-39(57-68-59(53(4,5)6)72-60(69-57)54(7,8)9)32-40(34-42)58-70-61(55(10,11)12)73-62(71-58)56(13,14)15/h16-37H,1-15H3/q+1. The molecule has 0 N–H and O–H groups in total. The molecule has 73 heavy (non-hydrogen) atoms. The lowest BCUT2D eigenvalue weighted by Crippen LogP contribution is -2.61. The highest BCUT2D eigenvalue weighted by atomic mass is 16.7. The number of aromatic nitrogens is 4. The number of nitrogens with zero attached hydrogens (tertiary/aromatic N) is 4. The van der Waals surface area contributed by atoms with Gasteiger partial charge in [-0.2, -0.15) is 9.13 Å². The van der Waals surface area contributed by atoms with Gasteiger partial charge in [0.05, 0.1) is 11.0 Å². The van der Waals surface area contributed by atoms with Crippen LogP contribution in [0, 0.1) is 0 Å². The topological polar surface area (TPSA) is 91.2 Å². The molecule has 17 heteroatoms. The molecule has 0 saturated carbocycles. The van der Waals surface area contributed by atoms with Gasteiger partial charge in [-0.3, -0.25) is 4.57 Å². The molecule has 8 aromatic rings. The predicted molar refractivity (Wildman–Crippen MR) is 301 cm³/mol. The third-order valence-electron chi connectivity index (χ3n) is 13.5. The summed E-state index contributed by atoms with van der Waals surface area (Å²) >= 11 is 0. The van der Waals surface area contributed by atoms with E-state index in [1.807, 2.05) is 24.4 Å². The quantitative estimate of drug-likeness (QED) is 0.115. The van der Waals surface area contributed by atoms with Crippen LogP contribution in [0.3, 0.4) is 0 Å². The minimum Gasteiger partial charge on any atom is -0.457 e.